The topological polar surface area (TPSA) is 40.6 Å². The van der Waals surface area contributed by atoms with Gasteiger partial charge in [-0.1, -0.05) is 99.6 Å². The van der Waals surface area contributed by atoms with Crippen LogP contribution in [0.2, 0.25) is 19.6 Å². The third-order valence-corrected chi connectivity index (χ3v) is 8.00. The highest BCUT2D eigenvalue weighted by molar-refractivity contribution is 6.78. The molecule has 0 bridgehead atoms. The summed E-state index contributed by atoms with van der Waals surface area (Å²) in [7, 11) is -2.22. The number of amides is 3. The van der Waals surface area contributed by atoms with E-state index in [0.29, 0.717) is 0 Å². The second-order valence-corrected chi connectivity index (χ2v) is 14.0. The van der Waals surface area contributed by atoms with Crippen LogP contribution in [-0.2, 0) is 10.3 Å². The quantitative estimate of drug-likeness (QED) is 0.506. The molecule has 2 aromatic rings. The second-order valence-electron chi connectivity index (χ2n) is 9.20. The van der Waals surface area contributed by atoms with Crippen molar-refractivity contribution in [3.63, 3.8) is 0 Å². The third kappa shape index (κ3) is 3.12. The highest BCUT2D eigenvalue weighted by atomic mass is 28.3. The average molecular weight is 407 g/mol. The molecule has 0 aromatic heterocycles. The largest absolute Gasteiger partial charge is 0.320 e. The molecule has 29 heavy (non-hydrogen) atoms. The maximum atomic E-state index is 14.2. The van der Waals surface area contributed by atoms with Crippen LogP contribution in [0.25, 0.3) is 0 Å². The fourth-order valence-electron chi connectivity index (χ4n) is 5.01. The van der Waals surface area contributed by atoms with E-state index in [9.17, 15) is 9.59 Å². The average Bonchev–Trinajstić information content (AvgIpc) is 2.97. The fraction of sp³-hybridized carbons (Fsp3) is 0.417. The summed E-state index contributed by atoms with van der Waals surface area (Å²) in [5.74, 6) is -0.0790. The van der Waals surface area contributed by atoms with Crippen LogP contribution in [-0.4, -0.2) is 35.7 Å². The molecule has 2 fully saturated rings. The molecule has 4 nitrogen and oxygen atoms in total. The van der Waals surface area contributed by atoms with Gasteiger partial charge >= 0.3 is 6.03 Å². The summed E-state index contributed by atoms with van der Waals surface area (Å²) in [6, 6.07) is 19.8. The first kappa shape index (κ1) is 19.9. The molecule has 2 aliphatic rings. The molecule has 1 saturated heterocycles. The van der Waals surface area contributed by atoms with Crippen molar-refractivity contribution in [3.8, 4) is 0 Å². The van der Waals surface area contributed by atoms with Crippen LogP contribution in [0.4, 0.5) is 4.79 Å². The minimum absolute atomic E-state index is 0.0790. The summed E-state index contributed by atoms with van der Waals surface area (Å²) < 4.78 is 1.63. The van der Waals surface area contributed by atoms with Gasteiger partial charge in [-0.05, 0) is 24.0 Å². The Labute approximate surface area is 174 Å². The Morgan fingerprint density at radius 1 is 0.793 bits per heavy atom. The van der Waals surface area contributed by atoms with Crippen molar-refractivity contribution in [2.45, 2.75) is 63.3 Å². The summed E-state index contributed by atoms with van der Waals surface area (Å²) in [5.41, 5.74) is 0.689. The Kier molecular flexibility index (Phi) is 5.11. The Balaban J connectivity index is 2.01. The summed E-state index contributed by atoms with van der Waals surface area (Å²) in [5, 5.41) is 0. The van der Waals surface area contributed by atoms with Crippen molar-refractivity contribution >= 4 is 20.2 Å². The monoisotopic (exact) mass is 406 g/mol. The van der Waals surface area contributed by atoms with E-state index < -0.39 is 13.8 Å². The van der Waals surface area contributed by atoms with Crippen LogP contribution in [0.5, 0.6) is 0 Å². The molecule has 0 atom stereocenters. The Morgan fingerprint density at radius 3 is 1.72 bits per heavy atom. The van der Waals surface area contributed by atoms with E-state index >= 15 is 0 Å². The van der Waals surface area contributed by atoms with Crippen LogP contribution in [0.1, 0.15) is 43.2 Å². The number of hydrogen-bond acceptors (Lipinski definition) is 2. The first-order chi connectivity index (χ1) is 13.9. The Morgan fingerprint density at radius 2 is 1.28 bits per heavy atom. The van der Waals surface area contributed by atoms with Gasteiger partial charge in [-0.2, -0.15) is 0 Å². The molecule has 2 aromatic carbocycles. The minimum atomic E-state index is -2.22. The van der Waals surface area contributed by atoms with E-state index in [2.05, 4.69) is 19.6 Å². The lowest BCUT2D eigenvalue weighted by molar-refractivity contribution is -0.130. The first-order valence-corrected chi connectivity index (χ1v) is 14.1. The van der Waals surface area contributed by atoms with E-state index in [-0.39, 0.29) is 18.0 Å². The van der Waals surface area contributed by atoms with Gasteiger partial charge in [-0.15, -0.1) is 0 Å². The molecule has 1 aliphatic heterocycles. The number of nitrogens with zero attached hydrogens (tertiary/aromatic N) is 2. The molecule has 152 valence electrons. The molecule has 3 amide bonds. The van der Waals surface area contributed by atoms with Gasteiger partial charge in [0.1, 0.15) is 0 Å². The zero-order chi connectivity index (χ0) is 20.6. The summed E-state index contributed by atoms with van der Waals surface area (Å²) in [6.45, 7) is 6.23. The Bertz CT molecular complexity index is 847. The van der Waals surface area contributed by atoms with E-state index in [1.165, 1.54) is 6.42 Å². The van der Waals surface area contributed by atoms with E-state index in [0.717, 1.165) is 36.8 Å². The lowest BCUT2D eigenvalue weighted by atomic mass is 9.79. The zero-order valence-electron chi connectivity index (χ0n) is 17.6. The van der Waals surface area contributed by atoms with Gasteiger partial charge in [0.15, 0.2) is 13.8 Å². The fourth-order valence-corrected chi connectivity index (χ4v) is 6.47. The maximum absolute atomic E-state index is 14.2. The number of benzene rings is 2. The molecular formula is C24H30N2O2Si. The summed E-state index contributed by atoms with van der Waals surface area (Å²) in [4.78, 5) is 30.1. The summed E-state index contributed by atoms with van der Waals surface area (Å²) in [6.07, 6.45) is 5.33. The molecule has 1 saturated carbocycles. The van der Waals surface area contributed by atoms with E-state index in [1.54, 1.807) is 4.57 Å². The van der Waals surface area contributed by atoms with Gasteiger partial charge in [0.05, 0.1) is 0 Å². The standard InChI is InChI=1S/C24H30N2O2Si/c1-29(2,3)26-22(27)24(19-13-7-4-8-14-19,20-15-9-5-10-16-20)25(23(26)28)21-17-11-6-12-18-21/h4-5,7-10,13-16,21H,6,11-12,17-18H2,1-3H3. The van der Waals surface area contributed by atoms with Gasteiger partial charge in [0, 0.05) is 6.04 Å². The van der Waals surface area contributed by atoms with Gasteiger partial charge in [-0.25, -0.2) is 4.79 Å². The molecule has 5 heteroatoms. The van der Waals surface area contributed by atoms with Crippen LogP contribution in [0, 0.1) is 0 Å². The normalized spacial score (nSPS) is 20.4. The van der Waals surface area contributed by atoms with Crippen molar-refractivity contribution in [2.75, 3.05) is 0 Å². The highest BCUT2D eigenvalue weighted by Crippen LogP contribution is 2.47. The minimum Gasteiger partial charge on any atom is -0.299 e. The SMILES string of the molecule is C[Si](C)(C)N1C(=O)N(C2CCCCC2)C(c2ccccc2)(c2ccccc2)C1=O. The smallest absolute Gasteiger partial charge is 0.299 e. The van der Waals surface area contributed by atoms with E-state index in [4.69, 9.17) is 0 Å². The van der Waals surface area contributed by atoms with Crippen molar-refractivity contribution in [1.82, 2.24) is 9.47 Å². The number of imide groups is 1. The molecular weight excluding hydrogens is 376 g/mol. The van der Waals surface area contributed by atoms with Gasteiger partial charge in [0.2, 0.25) is 0 Å². The van der Waals surface area contributed by atoms with Crippen LogP contribution < -0.4 is 0 Å². The second kappa shape index (κ2) is 7.45. The molecule has 0 radical (unpaired) electrons. The number of carbonyl (C=O) groups is 2. The molecule has 4 rings (SSSR count). The number of carbonyl (C=O) groups excluding carboxylic acids is 2. The maximum Gasteiger partial charge on any atom is 0.320 e. The molecule has 1 heterocycles. The predicted octanol–water partition coefficient (Wildman–Crippen LogP) is 5.36. The zero-order valence-corrected chi connectivity index (χ0v) is 18.6. The lowest BCUT2D eigenvalue weighted by Gasteiger charge is -2.42. The van der Waals surface area contributed by atoms with Crippen molar-refractivity contribution < 1.29 is 9.59 Å². The molecule has 0 unspecified atom stereocenters. The molecule has 0 spiro atoms. The summed E-state index contributed by atoms with van der Waals surface area (Å²) >= 11 is 0. The molecule has 1 aliphatic carbocycles. The van der Waals surface area contributed by atoms with Crippen LogP contribution in [0.3, 0.4) is 0 Å². The lowest BCUT2D eigenvalue weighted by Crippen LogP contribution is -2.53. The first-order valence-electron chi connectivity index (χ1n) is 10.7. The van der Waals surface area contributed by atoms with Crippen LogP contribution in [0.15, 0.2) is 60.7 Å². The number of rotatable bonds is 4. The van der Waals surface area contributed by atoms with Crippen LogP contribution >= 0.6 is 0 Å². The van der Waals surface area contributed by atoms with E-state index in [1.807, 2.05) is 65.6 Å². The number of urea groups is 1. The van der Waals surface area contributed by atoms with Gasteiger partial charge in [-0.3, -0.25) is 14.3 Å². The third-order valence-electron chi connectivity index (χ3n) is 6.27. The highest BCUT2D eigenvalue weighted by Gasteiger charge is 2.63. The number of hydrogen-bond donors (Lipinski definition) is 0. The molecule has 0 N–H and O–H groups in total. The van der Waals surface area contributed by atoms with Crippen molar-refractivity contribution in [2.24, 2.45) is 0 Å². The van der Waals surface area contributed by atoms with Crippen molar-refractivity contribution in [3.05, 3.63) is 71.8 Å². The van der Waals surface area contributed by atoms with Crippen molar-refractivity contribution in [1.29, 1.82) is 0 Å². The van der Waals surface area contributed by atoms with Gasteiger partial charge < -0.3 is 0 Å². The predicted molar refractivity (Wildman–Crippen MR) is 118 cm³/mol. The van der Waals surface area contributed by atoms with Gasteiger partial charge in [0.25, 0.3) is 5.91 Å². The Hall–Kier alpha value is -2.40.